The molecule has 0 bridgehead atoms. The fraction of sp³-hybridized carbons (Fsp3) is 0.389. The molecule has 7 heteroatoms. The zero-order valence-electron chi connectivity index (χ0n) is 14.1. The number of rotatable bonds is 7. The molecule has 132 valence electrons. The van der Waals surface area contributed by atoms with E-state index in [1.165, 1.54) is 29.5 Å². The molecule has 2 aromatic rings. The number of likely N-dealkylation sites (tertiary alicyclic amines) is 1. The molecule has 3 rings (SSSR count). The predicted octanol–water partition coefficient (Wildman–Crippen LogP) is 3.98. The third-order valence-corrected chi connectivity index (χ3v) is 6.22. The molecule has 0 aliphatic carbocycles. The van der Waals surface area contributed by atoms with Crippen LogP contribution in [0.1, 0.15) is 30.1 Å². The second-order valence-electron chi connectivity index (χ2n) is 5.84. The molecule has 1 fully saturated rings. The number of carbonyl (C=O) groups excluding carboxylic acids is 1. The van der Waals surface area contributed by atoms with E-state index in [4.69, 9.17) is 0 Å². The van der Waals surface area contributed by atoms with Crippen LogP contribution in [-0.2, 0) is 4.79 Å². The first kappa shape index (κ1) is 17.9. The van der Waals surface area contributed by atoms with E-state index in [2.05, 4.69) is 22.1 Å². The maximum absolute atomic E-state index is 13.1. The van der Waals surface area contributed by atoms with Crippen LogP contribution < -0.4 is 5.32 Å². The van der Waals surface area contributed by atoms with Crippen LogP contribution in [0.2, 0.25) is 0 Å². The number of hydrogen-bond donors (Lipinski definition) is 1. The first-order valence-electron chi connectivity index (χ1n) is 8.46. The third-order valence-electron chi connectivity index (χ3n) is 4.02. The number of hydrogen-bond acceptors (Lipinski definition) is 6. The van der Waals surface area contributed by atoms with Gasteiger partial charge in [-0.3, -0.25) is 4.79 Å². The van der Waals surface area contributed by atoms with Crippen LogP contribution in [0.25, 0.3) is 0 Å². The Labute approximate surface area is 156 Å². The maximum atomic E-state index is 13.1. The number of aromatic nitrogens is 2. The second-order valence-corrected chi connectivity index (χ2v) is 8.17. The fourth-order valence-corrected chi connectivity index (χ4v) is 4.79. The fourth-order valence-electron chi connectivity index (χ4n) is 2.76. The van der Waals surface area contributed by atoms with Crippen molar-refractivity contribution in [2.24, 2.45) is 0 Å². The predicted molar refractivity (Wildman–Crippen MR) is 104 cm³/mol. The number of benzene rings is 1. The lowest BCUT2D eigenvalue weighted by Gasteiger charge is -2.30. The Morgan fingerprint density at radius 2 is 2.04 bits per heavy atom. The van der Waals surface area contributed by atoms with Crippen molar-refractivity contribution in [3.8, 4) is 0 Å². The van der Waals surface area contributed by atoms with E-state index in [0.717, 1.165) is 41.0 Å². The van der Waals surface area contributed by atoms with E-state index >= 15 is 0 Å². The van der Waals surface area contributed by atoms with Gasteiger partial charge in [0.15, 0.2) is 4.34 Å². The number of amides is 1. The SMILES string of the molecule is C=CCNc1nnc(S[C@@H](C(=O)N2CCCCC2)c2ccccc2)s1. The average Bonchev–Trinajstić information content (AvgIpc) is 3.13. The van der Waals surface area contributed by atoms with Crippen molar-refractivity contribution in [1.82, 2.24) is 15.1 Å². The molecule has 1 aromatic heterocycles. The Morgan fingerprint density at radius 3 is 2.76 bits per heavy atom. The molecule has 0 unspecified atom stereocenters. The van der Waals surface area contributed by atoms with Gasteiger partial charge in [-0.15, -0.1) is 16.8 Å². The smallest absolute Gasteiger partial charge is 0.240 e. The minimum Gasteiger partial charge on any atom is -0.357 e. The van der Waals surface area contributed by atoms with Crippen molar-refractivity contribution in [2.45, 2.75) is 28.9 Å². The maximum Gasteiger partial charge on any atom is 0.240 e. The normalized spacial score (nSPS) is 15.6. The lowest BCUT2D eigenvalue weighted by Crippen LogP contribution is -2.38. The lowest BCUT2D eigenvalue weighted by molar-refractivity contribution is -0.131. The van der Waals surface area contributed by atoms with Gasteiger partial charge in [-0.25, -0.2) is 0 Å². The monoisotopic (exact) mass is 374 g/mol. The van der Waals surface area contributed by atoms with E-state index in [9.17, 15) is 4.79 Å². The molecule has 25 heavy (non-hydrogen) atoms. The van der Waals surface area contributed by atoms with Crippen molar-refractivity contribution in [1.29, 1.82) is 0 Å². The van der Waals surface area contributed by atoms with Crippen molar-refractivity contribution < 1.29 is 4.79 Å². The molecule has 2 heterocycles. The number of anilines is 1. The largest absolute Gasteiger partial charge is 0.357 e. The van der Waals surface area contributed by atoms with Crippen LogP contribution >= 0.6 is 23.1 Å². The highest BCUT2D eigenvalue weighted by Crippen LogP contribution is 2.39. The Balaban J connectivity index is 1.77. The lowest BCUT2D eigenvalue weighted by atomic mass is 10.1. The molecule has 1 aliphatic rings. The van der Waals surface area contributed by atoms with Gasteiger partial charge >= 0.3 is 0 Å². The second kappa shape index (κ2) is 9.01. The summed E-state index contributed by atoms with van der Waals surface area (Å²) in [5.74, 6) is 0.173. The van der Waals surface area contributed by atoms with Crippen LogP contribution in [0.4, 0.5) is 5.13 Å². The van der Waals surface area contributed by atoms with Gasteiger partial charge in [0.1, 0.15) is 5.25 Å². The van der Waals surface area contributed by atoms with Gasteiger partial charge < -0.3 is 10.2 Å². The molecule has 1 atom stereocenters. The molecular formula is C18H22N4OS2. The molecule has 1 aromatic carbocycles. The molecule has 0 saturated carbocycles. The molecule has 5 nitrogen and oxygen atoms in total. The summed E-state index contributed by atoms with van der Waals surface area (Å²) < 4.78 is 0.797. The summed E-state index contributed by atoms with van der Waals surface area (Å²) in [7, 11) is 0. The van der Waals surface area contributed by atoms with E-state index in [1.807, 2.05) is 35.2 Å². The quantitative estimate of drug-likeness (QED) is 0.587. The highest BCUT2D eigenvalue weighted by Gasteiger charge is 2.29. The zero-order valence-corrected chi connectivity index (χ0v) is 15.7. The summed E-state index contributed by atoms with van der Waals surface area (Å²) in [4.78, 5) is 15.1. The topological polar surface area (TPSA) is 58.1 Å². The Bertz CT molecular complexity index is 698. The summed E-state index contributed by atoms with van der Waals surface area (Å²) in [6, 6.07) is 9.95. The highest BCUT2D eigenvalue weighted by atomic mass is 32.2. The molecule has 1 N–H and O–H groups in total. The minimum atomic E-state index is -0.278. The van der Waals surface area contributed by atoms with Crippen molar-refractivity contribution in [3.63, 3.8) is 0 Å². The summed E-state index contributed by atoms with van der Waals surface area (Å²) >= 11 is 2.96. The highest BCUT2D eigenvalue weighted by molar-refractivity contribution is 8.01. The first-order valence-corrected chi connectivity index (χ1v) is 10.2. The van der Waals surface area contributed by atoms with Crippen molar-refractivity contribution in [2.75, 3.05) is 25.0 Å². The Hall–Kier alpha value is -1.86. The molecule has 1 saturated heterocycles. The summed E-state index contributed by atoms with van der Waals surface area (Å²) in [6.07, 6.45) is 5.17. The molecular weight excluding hydrogens is 352 g/mol. The van der Waals surface area contributed by atoms with Gasteiger partial charge in [0.25, 0.3) is 0 Å². The third kappa shape index (κ3) is 4.83. The van der Waals surface area contributed by atoms with E-state index in [-0.39, 0.29) is 11.2 Å². The Kier molecular flexibility index (Phi) is 6.47. The molecule has 0 radical (unpaired) electrons. The number of nitrogens with zero attached hydrogens (tertiary/aromatic N) is 3. The van der Waals surface area contributed by atoms with Crippen LogP contribution in [0.15, 0.2) is 47.3 Å². The van der Waals surface area contributed by atoms with Crippen LogP contribution in [0, 0.1) is 0 Å². The van der Waals surface area contributed by atoms with Gasteiger partial charge in [-0.1, -0.05) is 59.5 Å². The van der Waals surface area contributed by atoms with Crippen molar-refractivity contribution in [3.05, 3.63) is 48.6 Å². The standard InChI is InChI=1S/C18H22N4OS2/c1-2-11-19-17-20-21-18(25-17)24-15(14-9-5-3-6-10-14)16(23)22-12-7-4-8-13-22/h2-3,5-6,9-10,15H,1,4,7-8,11-13H2,(H,19,20)/t15-/m1/s1. The van der Waals surface area contributed by atoms with Crippen molar-refractivity contribution >= 4 is 34.1 Å². The molecule has 1 amide bonds. The van der Waals surface area contributed by atoms with Gasteiger partial charge in [-0.05, 0) is 24.8 Å². The van der Waals surface area contributed by atoms with E-state index in [1.54, 1.807) is 6.08 Å². The number of nitrogens with one attached hydrogen (secondary N) is 1. The van der Waals surface area contributed by atoms with Crippen LogP contribution in [0.3, 0.4) is 0 Å². The molecule has 0 spiro atoms. The molecule has 1 aliphatic heterocycles. The van der Waals surface area contributed by atoms with Crippen LogP contribution in [-0.4, -0.2) is 40.6 Å². The summed E-state index contributed by atoms with van der Waals surface area (Å²) in [5.41, 5.74) is 1.01. The number of piperidine rings is 1. The number of thioether (sulfide) groups is 1. The van der Waals surface area contributed by atoms with E-state index in [0.29, 0.717) is 6.54 Å². The summed E-state index contributed by atoms with van der Waals surface area (Å²) in [6.45, 7) is 6.04. The first-order chi connectivity index (χ1) is 12.3. The number of carbonyl (C=O) groups is 1. The summed E-state index contributed by atoms with van der Waals surface area (Å²) in [5, 5.41) is 12.0. The average molecular weight is 375 g/mol. The van der Waals surface area contributed by atoms with Gasteiger partial charge in [-0.2, -0.15) is 0 Å². The van der Waals surface area contributed by atoms with Crippen LogP contribution in [0.5, 0.6) is 0 Å². The van der Waals surface area contributed by atoms with Gasteiger partial charge in [0.2, 0.25) is 11.0 Å². The van der Waals surface area contributed by atoms with Gasteiger partial charge in [0, 0.05) is 19.6 Å². The minimum absolute atomic E-state index is 0.173. The van der Waals surface area contributed by atoms with Gasteiger partial charge in [0.05, 0.1) is 0 Å². The Morgan fingerprint density at radius 1 is 1.28 bits per heavy atom. The zero-order chi connectivity index (χ0) is 17.5. The van der Waals surface area contributed by atoms with E-state index < -0.39 is 0 Å².